The van der Waals surface area contributed by atoms with E-state index in [1.165, 1.54) is 16.9 Å². The third-order valence-electron chi connectivity index (χ3n) is 3.73. The molecular formula is C14H19NO3S. The monoisotopic (exact) mass is 281 g/mol. The van der Waals surface area contributed by atoms with Crippen LogP contribution in [0.4, 0.5) is 0 Å². The van der Waals surface area contributed by atoms with Crippen molar-refractivity contribution in [1.82, 2.24) is 5.32 Å². The van der Waals surface area contributed by atoms with Crippen molar-refractivity contribution in [3.05, 3.63) is 21.4 Å². The van der Waals surface area contributed by atoms with Gasteiger partial charge >= 0.3 is 5.97 Å². The van der Waals surface area contributed by atoms with Gasteiger partial charge in [-0.1, -0.05) is 13.3 Å². The molecule has 1 amide bonds. The molecule has 1 aliphatic rings. The highest BCUT2D eigenvalue weighted by molar-refractivity contribution is 7.14. The summed E-state index contributed by atoms with van der Waals surface area (Å²) in [4.78, 5) is 25.2. The number of carboxylic acids is 1. The summed E-state index contributed by atoms with van der Waals surface area (Å²) in [6, 6.07) is 1.90. The van der Waals surface area contributed by atoms with Crippen LogP contribution in [-0.4, -0.2) is 22.5 Å². The molecule has 0 unspecified atom stereocenters. The lowest BCUT2D eigenvalue weighted by atomic mass is 9.77. The molecule has 1 aliphatic carbocycles. The molecule has 1 fully saturated rings. The predicted octanol–water partition coefficient (Wildman–Crippen LogP) is 2.75. The van der Waals surface area contributed by atoms with E-state index >= 15 is 0 Å². The normalized spacial score (nSPS) is 16.7. The van der Waals surface area contributed by atoms with Gasteiger partial charge < -0.3 is 10.4 Å². The number of hydrogen-bond donors (Lipinski definition) is 2. The Labute approximate surface area is 116 Å². The van der Waals surface area contributed by atoms with Crippen molar-refractivity contribution >= 4 is 23.2 Å². The lowest BCUT2D eigenvalue weighted by molar-refractivity contribution is -0.148. The highest BCUT2D eigenvalue weighted by atomic mass is 32.1. The van der Waals surface area contributed by atoms with Crippen molar-refractivity contribution in [3.63, 3.8) is 0 Å². The quantitative estimate of drug-likeness (QED) is 0.872. The van der Waals surface area contributed by atoms with Gasteiger partial charge in [0.05, 0.1) is 4.88 Å². The van der Waals surface area contributed by atoms with Gasteiger partial charge in [-0.2, -0.15) is 0 Å². The molecule has 0 radical (unpaired) electrons. The van der Waals surface area contributed by atoms with Crippen LogP contribution in [-0.2, 0) is 11.2 Å². The minimum absolute atomic E-state index is 0.252. The van der Waals surface area contributed by atoms with Crippen LogP contribution in [0.2, 0.25) is 0 Å². The molecule has 4 nitrogen and oxygen atoms in total. The van der Waals surface area contributed by atoms with Crippen LogP contribution in [0.5, 0.6) is 0 Å². The molecule has 2 rings (SSSR count). The van der Waals surface area contributed by atoms with Crippen LogP contribution in [0.3, 0.4) is 0 Å². The van der Waals surface area contributed by atoms with E-state index in [0.29, 0.717) is 17.7 Å². The van der Waals surface area contributed by atoms with Gasteiger partial charge in [-0.05, 0) is 44.2 Å². The molecule has 0 spiro atoms. The summed E-state index contributed by atoms with van der Waals surface area (Å²) in [6.45, 7) is 4.10. The van der Waals surface area contributed by atoms with Crippen LogP contribution in [0.15, 0.2) is 6.07 Å². The molecule has 2 N–H and O–H groups in total. The summed E-state index contributed by atoms with van der Waals surface area (Å²) in [5.74, 6) is -1.17. The lowest BCUT2D eigenvalue weighted by Gasteiger charge is -2.38. The molecule has 0 aromatic carbocycles. The van der Waals surface area contributed by atoms with Crippen LogP contribution in [0.25, 0.3) is 0 Å². The number of thiophene rings is 1. The summed E-state index contributed by atoms with van der Waals surface area (Å²) in [7, 11) is 0. The van der Waals surface area contributed by atoms with E-state index in [-0.39, 0.29) is 5.91 Å². The first-order valence-corrected chi connectivity index (χ1v) is 7.45. The van der Waals surface area contributed by atoms with Gasteiger partial charge in [0, 0.05) is 4.88 Å². The van der Waals surface area contributed by atoms with E-state index < -0.39 is 11.5 Å². The molecule has 0 bridgehead atoms. The number of rotatable bonds is 5. The average Bonchev–Trinajstić information content (AvgIpc) is 2.65. The molecule has 5 heteroatoms. The van der Waals surface area contributed by atoms with Crippen LogP contribution in [0.1, 0.15) is 52.7 Å². The maximum Gasteiger partial charge on any atom is 0.329 e. The summed E-state index contributed by atoms with van der Waals surface area (Å²) < 4.78 is 0. The zero-order valence-corrected chi connectivity index (χ0v) is 12.1. The van der Waals surface area contributed by atoms with Gasteiger partial charge in [-0.25, -0.2) is 4.79 Å². The number of nitrogens with one attached hydrogen (secondary N) is 1. The summed E-state index contributed by atoms with van der Waals surface area (Å²) >= 11 is 1.44. The molecule has 0 aliphatic heterocycles. The summed E-state index contributed by atoms with van der Waals surface area (Å²) in [5, 5.41) is 11.9. The lowest BCUT2D eigenvalue weighted by Crippen LogP contribution is -2.59. The molecule has 0 atom stereocenters. The molecular weight excluding hydrogens is 262 g/mol. The van der Waals surface area contributed by atoms with E-state index in [2.05, 4.69) is 12.2 Å². The molecule has 1 saturated carbocycles. The zero-order valence-electron chi connectivity index (χ0n) is 11.3. The topological polar surface area (TPSA) is 66.4 Å². The first-order chi connectivity index (χ1) is 8.98. The van der Waals surface area contributed by atoms with Gasteiger partial charge in [0.2, 0.25) is 0 Å². The summed E-state index contributed by atoms with van der Waals surface area (Å²) in [5.41, 5.74) is 0.163. The largest absolute Gasteiger partial charge is 0.480 e. The Morgan fingerprint density at radius 2 is 2.16 bits per heavy atom. The molecule has 1 aromatic heterocycles. The van der Waals surface area contributed by atoms with Crippen molar-refractivity contribution < 1.29 is 14.7 Å². The number of carboxylic acid groups (broad SMARTS) is 1. The fourth-order valence-electron chi connectivity index (χ4n) is 2.35. The Bertz CT molecular complexity index is 503. The number of aliphatic carboxylic acids is 1. The second-order valence-corrected chi connectivity index (χ2v) is 6.39. The van der Waals surface area contributed by atoms with E-state index in [1.54, 1.807) is 0 Å². The number of carbonyl (C=O) groups excluding carboxylic acids is 1. The van der Waals surface area contributed by atoms with Crippen molar-refractivity contribution in [3.8, 4) is 0 Å². The highest BCUT2D eigenvalue weighted by Gasteiger charge is 2.45. The van der Waals surface area contributed by atoms with Crippen molar-refractivity contribution in [2.24, 2.45) is 0 Å². The molecule has 104 valence electrons. The van der Waals surface area contributed by atoms with E-state index in [1.807, 2.05) is 13.0 Å². The maximum absolute atomic E-state index is 12.2. The van der Waals surface area contributed by atoms with Gasteiger partial charge in [-0.3, -0.25) is 4.79 Å². The Kier molecular flexibility index (Phi) is 3.94. The number of amides is 1. The van der Waals surface area contributed by atoms with Gasteiger partial charge in [-0.15, -0.1) is 11.3 Å². The number of hydrogen-bond acceptors (Lipinski definition) is 3. The van der Waals surface area contributed by atoms with Crippen LogP contribution in [0, 0.1) is 6.92 Å². The standard InChI is InChI=1S/C14H19NO3S/c1-3-5-10-8-11(19-9(10)2)12(16)15-14(13(17)18)6-4-7-14/h8H,3-7H2,1-2H3,(H,15,16)(H,17,18). The van der Waals surface area contributed by atoms with E-state index in [0.717, 1.165) is 24.1 Å². The van der Waals surface area contributed by atoms with Crippen molar-refractivity contribution in [2.45, 2.75) is 51.5 Å². The molecule has 1 heterocycles. The third kappa shape index (κ3) is 2.66. The fraction of sp³-hybridized carbons (Fsp3) is 0.571. The smallest absolute Gasteiger partial charge is 0.329 e. The number of carbonyl (C=O) groups is 2. The van der Waals surface area contributed by atoms with E-state index in [9.17, 15) is 14.7 Å². The first-order valence-electron chi connectivity index (χ1n) is 6.64. The van der Waals surface area contributed by atoms with Crippen LogP contribution < -0.4 is 5.32 Å². The maximum atomic E-state index is 12.2. The molecule has 0 saturated heterocycles. The zero-order chi connectivity index (χ0) is 14.0. The van der Waals surface area contributed by atoms with Gasteiger partial charge in [0.1, 0.15) is 5.54 Å². The van der Waals surface area contributed by atoms with E-state index in [4.69, 9.17) is 0 Å². The Hall–Kier alpha value is -1.36. The second-order valence-electron chi connectivity index (χ2n) is 5.14. The van der Waals surface area contributed by atoms with Crippen molar-refractivity contribution in [1.29, 1.82) is 0 Å². The minimum Gasteiger partial charge on any atom is -0.480 e. The Balaban J connectivity index is 2.12. The predicted molar refractivity (Wildman–Crippen MR) is 74.7 cm³/mol. The third-order valence-corrected chi connectivity index (χ3v) is 4.82. The van der Waals surface area contributed by atoms with Crippen LogP contribution >= 0.6 is 11.3 Å². The van der Waals surface area contributed by atoms with Gasteiger partial charge in [0.25, 0.3) is 5.91 Å². The number of aryl methyl sites for hydroxylation is 2. The minimum atomic E-state index is -1.03. The Morgan fingerprint density at radius 3 is 2.63 bits per heavy atom. The van der Waals surface area contributed by atoms with Gasteiger partial charge in [0.15, 0.2) is 0 Å². The van der Waals surface area contributed by atoms with Crippen molar-refractivity contribution in [2.75, 3.05) is 0 Å². The SMILES string of the molecule is CCCc1cc(C(=O)NC2(C(=O)O)CCC2)sc1C. The average molecular weight is 281 g/mol. The molecule has 19 heavy (non-hydrogen) atoms. The second kappa shape index (κ2) is 5.33. The Morgan fingerprint density at radius 1 is 1.47 bits per heavy atom. The first kappa shape index (κ1) is 14.1. The summed E-state index contributed by atoms with van der Waals surface area (Å²) in [6.07, 6.45) is 3.91. The highest BCUT2D eigenvalue weighted by Crippen LogP contribution is 2.33. The molecule has 1 aromatic rings. The fourth-order valence-corrected chi connectivity index (χ4v) is 3.32.